The van der Waals surface area contributed by atoms with Crippen molar-refractivity contribution in [3.8, 4) is 17.0 Å². The Hall–Kier alpha value is -2.67. The van der Waals surface area contributed by atoms with Crippen molar-refractivity contribution in [2.45, 2.75) is 12.6 Å². The Balaban J connectivity index is 1.34. The third kappa shape index (κ3) is 4.42. The Morgan fingerprint density at radius 1 is 1.11 bits per heavy atom. The van der Waals surface area contributed by atoms with Crippen molar-refractivity contribution in [3.05, 3.63) is 71.6 Å². The molecule has 0 spiro atoms. The van der Waals surface area contributed by atoms with Gasteiger partial charge in [-0.3, -0.25) is 0 Å². The van der Waals surface area contributed by atoms with Gasteiger partial charge < -0.3 is 19.3 Å². The molecule has 2 aromatic carbocycles. The van der Waals surface area contributed by atoms with E-state index in [4.69, 9.17) is 14.0 Å². The maximum atomic E-state index is 5.97. The van der Waals surface area contributed by atoms with Crippen molar-refractivity contribution in [1.82, 2.24) is 10.5 Å². The van der Waals surface area contributed by atoms with Gasteiger partial charge >= 0.3 is 0 Å². The highest BCUT2D eigenvalue weighted by atomic mass is 32.1. The third-order valence-electron chi connectivity index (χ3n) is 4.50. The summed E-state index contributed by atoms with van der Waals surface area (Å²) in [6, 6.07) is 20.2. The molecule has 0 aliphatic rings. The molecule has 0 aliphatic carbocycles. The fourth-order valence-electron chi connectivity index (χ4n) is 2.97. The second kappa shape index (κ2) is 9.01. The Morgan fingerprint density at radius 2 is 2.00 bits per heavy atom. The number of hydrogen-bond acceptors (Lipinski definition) is 6. The Labute approximate surface area is 167 Å². The second-order valence-electron chi connectivity index (χ2n) is 6.46. The number of benzene rings is 2. The van der Waals surface area contributed by atoms with Gasteiger partial charge in [0, 0.05) is 25.8 Å². The third-order valence-corrected chi connectivity index (χ3v) is 5.40. The largest absolute Gasteiger partial charge is 0.491 e. The van der Waals surface area contributed by atoms with Crippen LogP contribution in [-0.2, 0) is 11.3 Å². The number of aromatic nitrogens is 1. The molecule has 2 heterocycles. The highest BCUT2D eigenvalue weighted by Gasteiger charge is 2.13. The van der Waals surface area contributed by atoms with E-state index in [9.17, 15) is 0 Å². The number of methoxy groups -OCH3 is 1. The van der Waals surface area contributed by atoms with Gasteiger partial charge in [-0.1, -0.05) is 47.6 Å². The summed E-state index contributed by atoms with van der Waals surface area (Å²) in [6.07, 6.45) is -0.0385. The van der Waals surface area contributed by atoms with Crippen LogP contribution in [0.15, 0.2) is 70.6 Å². The summed E-state index contributed by atoms with van der Waals surface area (Å²) in [6.45, 7) is 1.98. The van der Waals surface area contributed by atoms with Gasteiger partial charge in [0.25, 0.3) is 0 Å². The summed E-state index contributed by atoms with van der Waals surface area (Å²) >= 11 is 1.63. The molecule has 0 bridgehead atoms. The maximum Gasteiger partial charge on any atom is 0.178 e. The summed E-state index contributed by atoms with van der Waals surface area (Å²) in [5.74, 6) is 0.787. The standard InChI is InChI=1S/C22H22N2O3S/c1-25-19(14-23-13-16-6-3-2-4-7-16)15-26-18-9-5-8-17(12-18)21-22-20(27-24-21)10-11-28-22/h2-12,19,23H,13-15H2,1H3. The molecule has 0 fully saturated rings. The van der Waals surface area contributed by atoms with Crippen LogP contribution in [0.4, 0.5) is 0 Å². The lowest BCUT2D eigenvalue weighted by atomic mass is 10.1. The van der Waals surface area contributed by atoms with Crippen LogP contribution >= 0.6 is 11.3 Å². The summed E-state index contributed by atoms with van der Waals surface area (Å²) < 4.78 is 17.9. The van der Waals surface area contributed by atoms with E-state index in [-0.39, 0.29) is 6.10 Å². The predicted octanol–water partition coefficient (Wildman–Crippen LogP) is 4.74. The number of thiophene rings is 1. The summed E-state index contributed by atoms with van der Waals surface area (Å²) in [7, 11) is 1.71. The fraction of sp³-hybridized carbons (Fsp3) is 0.227. The zero-order valence-electron chi connectivity index (χ0n) is 15.6. The first kappa shape index (κ1) is 18.7. The van der Waals surface area contributed by atoms with Crippen LogP contribution in [0, 0.1) is 0 Å². The van der Waals surface area contributed by atoms with Crippen LogP contribution in [0.1, 0.15) is 5.56 Å². The van der Waals surface area contributed by atoms with Crippen molar-refractivity contribution in [2.24, 2.45) is 0 Å². The van der Waals surface area contributed by atoms with Crippen molar-refractivity contribution < 1.29 is 14.0 Å². The fourth-order valence-corrected chi connectivity index (χ4v) is 3.78. The SMILES string of the molecule is COC(CNCc1ccccc1)COc1cccc(-c2noc3ccsc23)c1. The van der Waals surface area contributed by atoms with Crippen LogP contribution in [0.25, 0.3) is 21.5 Å². The molecule has 1 N–H and O–H groups in total. The van der Waals surface area contributed by atoms with E-state index in [0.29, 0.717) is 13.2 Å². The molecule has 0 amide bonds. The molecule has 1 unspecified atom stereocenters. The lowest BCUT2D eigenvalue weighted by molar-refractivity contribution is 0.0579. The van der Waals surface area contributed by atoms with Gasteiger partial charge in [0.2, 0.25) is 0 Å². The van der Waals surface area contributed by atoms with Gasteiger partial charge in [-0.2, -0.15) is 0 Å². The number of rotatable bonds is 9. The Bertz CT molecular complexity index is 1010. The minimum atomic E-state index is -0.0385. The molecule has 4 rings (SSSR count). The highest BCUT2D eigenvalue weighted by molar-refractivity contribution is 7.17. The number of fused-ring (bicyclic) bond motifs is 1. The minimum absolute atomic E-state index is 0.0385. The van der Waals surface area contributed by atoms with Crippen molar-refractivity contribution in [1.29, 1.82) is 0 Å². The smallest absolute Gasteiger partial charge is 0.178 e. The number of ether oxygens (including phenoxy) is 2. The molecule has 2 aromatic heterocycles. The van der Waals surface area contributed by atoms with Gasteiger partial charge in [-0.05, 0) is 29.1 Å². The molecule has 0 saturated carbocycles. The second-order valence-corrected chi connectivity index (χ2v) is 7.37. The van der Waals surface area contributed by atoms with Crippen molar-refractivity contribution >= 4 is 21.6 Å². The zero-order chi connectivity index (χ0) is 19.2. The molecule has 28 heavy (non-hydrogen) atoms. The number of hydrogen-bond donors (Lipinski definition) is 1. The normalized spacial score (nSPS) is 12.3. The monoisotopic (exact) mass is 394 g/mol. The molecular weight excluding hydrogens is 372 g/mol. The first-order valence-corrected chi connectivity index (χ1v) is 10.0. The number of nitrogens with zero attached hydrogens (tertiary/aromatic N) is 1. The van der Waals surface area contributed by atoms with Gasteiger partial charge in [-0.15, -0.1) is 11.3 Å². The highest BCUT2D eigenvalue weighted by Crippen LogP contribution is 2.33. The van der Waals surface area contributed by atoms with E-state index >= 15 is 0 Å². The topological polar surface area (TPSA) is 56.5 Å². The molecular formula is C22H22N2O3S. The molecule has 6 heteroatoms. The Morgan fingerprint density at radius 3 is 2.86 bits per heavy atom. The maximum absolute atomic E-state index is 5.97. The van der Waals surface area contributed by atoms with Gasteiger partial charge in [-0.25, -0.2) is 0 Å². The van der Waals surface area contributed by atoms with E-state index < -0.39 is 0 Å². The van der Waals surface area contributed by atoms with Gasteiger partial charge in [0.1, 0.15) is 28.9 Å². The average Bonchev–Trinajstić information content (AvgIpc) is 3.35. The van der Waals surface area contributed by atoms with Crippen LogP contribution in [0.5, 0.6) is 5.75 Å². The van der Waals surface area contributed by atoms with Crippen molar-refractivity contribution in [2.75, 3.05) is 20.3 Å². The van der Waals surface area contributed by atoms with Gasteiger partial charge in [0.05, 0.1) is 0 Å². The molecule has 0 radical (unpaired) electrons. The van der Waals surface area contributed by atoms with E-state index in [1.54, 1.807) is 18.4 Å². The van der Waals surface area contributed by atoms with Crippen LogP contribution in [0.3, 0.4) is 0 Å². The average molecular weight is 394 g/mol. The minimum Gasteiger partial charge on any atom is -0.491 e. The zero-order valence-corrected chi connectivity index (χ0v) is 16.4. The first-order valence-electron chi connectivity index (χ1n) is 9.17. The van der Waals surface area contributed by atoms with E-state index in [2.05, 4.69) is 22.6 Å². The summed E-state index contributed by atoms with van der Waals surface area (Å²) in [5.41, 5.74) is 3.90. The van der Waals surface area contributed by atoms with Gasteiger partial charge in [0.15, 0.2) is 5.58 Å². The van der Waals surface area contributed by atoms with Crippen LogP contribution in [-0.4, -0.2) is 31.5 Å². The lowest BCUT2D eigenvalue weighted by Crippen LogP contribution is -2.32. The summed E-state index contributed by atoms with van der Waals surface area (Å²) in [5, 5.41) is 9.61. The molecule has 144 valence electrons. The molecule has 0 saturated heterocycles. The molecule has 4 aromatic rings. The molecule has 1 atom stereocenters. The molecule has 0 aliphatic heterocycles. The van der Waals surface area contributed by atoms with E-state index in [1.165, 1.54) is 5.56 Å². The lowest BCUT2D eigenvalue weighted by Gasteiger charge is -2.17. The Kier molecular flexibility index (Phi) is 6.01. The molecule has 5 nitrogen and oxygen atoms in total. The first-order chi connectivity index (χ1) is 13.8. The summed E-state index contributed by atoms with van der Waals surface area (Å²) in [4.78, 5) is 0. The van der Waals surface area contributed by atoms with E-state index in [1.807, 2.05) is 53.9 Å². The van der Waals surface area contributed by atoms with Crippen LogP contribution in [0.2, 0.25) is 0 Å². The van der Waals surface area contributed by atoms with E-state index in [0.717, 1.165) is 33.8 Å². The van der Waals surface area contributed by atoms with Crippen LogP contribution < -0.4 is 10.1 Å². The predicted molar refractivity (Wildman–Crippen MR) is 112 cm³/mol. The number of nitrogens with one attached hydrogen (secondary N) is 1. The van der Waals surface area contributed by atoms with Crippen molar-refractivity contribution in [3.63, 3.8) is 0 Å². The quantitative estimate of drug-likeness (QED) is 0.444.